The second kappa shape index (κ2) is 7.96. The first-order valence-electron chi connectivity index (χ1n) is 9.78. The average Bonchev–Trinajstić information content (AvgIpc) is 2.89. The molecule has 7 nitrogen and oxygen atoms in total. The fourth-order valence-electron chi connectivity index (χ4n) is 5.38. The lowest BCUT2D eigenvalue weighted by atomic mass is 9.70. The summed E-state index contributed by atoms with van der Waals surface area (Å²) in [4.78, 5) is 13.5. The van der Waals surface area contributed by atoms with Gasteiger partial charge in [0.1, 0.15) is 6.10 Å². The van der Waals surface area contributed by atoms with Crippen molar-refractivity contribution < 1.29 is 33.6 Å². The van der Waals surface area contributed by atoms with Crippen LogP contribution >= 0.6 is 0 Å². The molecule has 2 aliphatic carbocycles. The van der Waals surface area contributed by atoms with Gasteiger partial charge in [0.15, 0.2) is 22.9 Å². The zero-order valence-corrected chi connectivity index (χ0v) is 18.4. The molecule has 0 unspecified atom stereocenters. The van der Waals surface area contributed by atoms with E-state index in [0.717, 1.165) is 5.56 Å². The Balaban J connectivity index is 2.31. The van der Waals surface area contributed by atoms with Gasteiger partial charge in [-0.2, -0.15) is 0 Å². The topological polar surface area (TPSA) is 83.5 Å². The van der Waals surface area contributed by atoms with Crippen LogP contribution in [-0.4, -0.2) is 58.1 Å². The first-order chi connectivity index (χ1) is 14.3. The third kappa shape index (κ3) is 2.68. The lowest BCUT2D eigenvalue weighted by molar-refractivity contribution is -0.162. The summed E-state index contributed by atoms with van der Waals surface area (Å²) in [7, 11) is 7.50. The summed E-state index contributed by atoms with van der Waals surface area (Å²) < 4.78 is 27.7. The lowest BCUT2D eigenvalue weighted by Crippen LogP contribution is -2.57. The number of rotatable bonds is 8. The van der Waals surface area contributed by atoms with Gasteiger partial charge in [-0.05, 0) is 36.1 Å². The summed E-state index contributed by atoms with van der Waals surface area (Å²) in [5, 5.41) is 11.5. The van der Waals surface area contributed by atoms with Gasteiger partial charge >= 0.3 is 0 Å². The van der Waals surface area contributed by atoms with Crippen molar-refractivity contribution in [1.82, 2.24) is 0 Å². The number of hydrogen-bond donors (Lipinski definition) is 1. The van der Waals surface area contributed by atoms with Gasteiger partial charge in [-0.3, -0.25) is 4.79 Å². The quantitative estimate of drug-likeness (QED) is 0.650. The van der Waals surface area contributed by atoms with Gasteiger partial charge in [0.05, 0.1) is 28.4 Å². The van der Waals surface area contributed by atoms with Crippen LogP contribution in [-0.2, 0) is 14.3 Å². The maximum absolute atomic E-state index is 13.5. The normalized spacial score (nSPS) is 32.4. The second-order valence-corrected chi connectivity index (χ2v) is 7.77. The van der Waals surface area contributed by atoms with Crippen LogP contribution < -0.4 is 14.2 Å². The predicted molar refractivity (Wildman–Crippen MR) is 111 cm³/mol. The van der Waals surface area contributed by atoms with E-state index in [1.165, 1.54) is 35.5 Å². The number of aliphatic hydroxyl groups excluding tert-OH is 1. The zero-order valence-electron chi connectivity index (χ0n) is 18.4. The van der Waals surface area contributed by atoms with Crippen LogP contribution in [0.15, 0.2) is 36.6 Å². The van der Waals surface area contributed by atoms with Crippen LogP contribution in [0.1, 0.15) is 24.8 Å². The van der Waals surface area contributed by atoms with E-state index in [0.29, 0.717) is 23.7 Å². The van der Waals surface area contributed by atoms with Gasteiger partial charge in [-0.1, -0.05) is 13.0 Å². The summed E-state index contributed by atoms with van der Waals surface area (Å²) in [6.07, 6.45) is 2.86. The van der Waals surface area contributed by atoms with E-state index in [1.807, 2.05) is 6.92 Å². The van der Waals surface area contributed by atoms with Crippen molar-refractivity contribution in [1.29, 1.82) is 0 Å². The maximum atomic E-state index is 13.5. The van der Waals surface area contributed by atoms with Crippen molar-refractivity contribution >= 4 is 5.78 Å². The molecule has 3 rings (SSSR count). The zero-order chi connectivity index (χ0) is 22.3. The highest BCUT2D eigenvalue weighted by atomic mass is 16.5. The number of carbonyl (C=O) groups excluding carboxylic acids is 1. The van der Waals surface area contributed by atoms with E-state index in [9.17, 15) is 9.90 Å². The molecule has 7 heteroatoms. The smallest absolute Gasteiger partial charge is 0.232 e. The van der Waals surface area contributed by atoms with E-state index in [-0.39, 0.29) is 17.5 Å². The molecular weight excluding hydrogens is 388 g/mol. The average molecular weight is 418 g/mol. The van der Waals surface area contributed by atoms with Gasteiger partial charge in [0, 0.05) is 18.4 Å². The molecule has 1 fully saturated rings. The first-order valence-corrected chi connectivity index (χ1v) is 9.78. The molecule has 5 atom stereocenters. The summed E-state index contributed by atoms with van der Waals surface area (Å²) in [5.41, 5.74) is -1.56. The molecule has 0 aromatic heterocycles. The number of Topliss-reactive ketones (excluding diaryl/α,β-unsaturated/α-hetero) is 1. The van der Waals surface area contributed by atoms with Crippen LogP contribution in [0.2, 0.25) is 0 Å². The molecule has 0 spiro atoms. The van der Waals surface area contributed by atoms with E-state index >= 15 is 0 Å². The first kappa shape index (κ1) is 22.2. The molecule has 2 bridgehead atoms. The third-order valence-electron chi connectivity index (χ3n) is 6.81. The highest BCUT2D eigenvalue weighted by Crippen LogP contribution is 2.64. The minimum atomic E-state index is -1.52. The number of methoxy groups -OCH3 is 5. The fourth-order valence-corrected chi connectivity index (χ4v) is 5.38. The second-order valence-electron chi connectivity index (χ2n) is 7.77. The standard InChI is InChI=1S/C23H30O7/c1-8-9-22-12-17(28-5)20(24)23(30-7,21(22)25)18(13(22)2)14-10-15(26-3)19(29-6)16(11-14)27-4/h8,10-13,18,21,25H,1,9H2,2-7H3/t13-,18+,21-,22+,23-/m1/s1. The molecule has 1 aromatic rings. The third-order valence-corrected chi connectivity index (χ3v) is 6.81. The molecule has 0 saturated heterocycles. The molecule has 1 saturated carbocycles. The van der Waals surface area contributed by atoms with Gasteiger partial charge in [-0.25, -0.2) is 0 Å². The number of aliphatic hydroxyl groups is 1. The molecule has 30 heavy (non-hydrogen) atoms. The largest absolute Gasteiger partial charge is 0.493 e. The molecule has 1 aromatic carbocycles. The number of allylic oxidation sites excluding steroid dienone is 1. The molecule has 164 valence electrons. The number of fused-ring (bicyclic) bond motifs is 2. The Morgan fingerprint density at radius 1 is 1.07 bits per heavy atom. The van der Waals surface area contributed by atoms with Gasteiger partial charge in [0.25, 0.3) is 0 Å². The van der Waals surface area contributed by atoms with Crippen molar-refractivity contribution in [3.63, 3.8) is 0 Å². The van der Waals surface area contributed by atoms with Crippen molar-refractivity contribution in [3.05, 3.63) is 42.2 Å². The van der Waals surface area contributed by atoms with Crippen LogP contribution in [0.4, 0.5) is 0 Å². The Morgan fingerprint density at radius 2 is 1.67 bits per heavy atom. The number of ketones is 1. The van der Waals surface area contributed by atoms with Gasteiger partial charge in [0.2, 0.25) is 11.5 Å². The van der Waals surface area contributed by atoms with Crippen molar-refractivity contribution in [2.75, 3.05) is 35.5 Å². The van der Waals surface area contributed by atoms with Crippen molar-refractivity contribution in [3.8, 4) is 17.2 Å². The maximum Gasteiger partial charge on any atom is 0.232 e. The summed E-state index contributed by atoms with van der Waals surface area (Å²) in [6.45, 7) is 5.87. The minimum Gasteiger partial charge on any atom is -0.493 e. The molecule has 0 amide bonds. The highest BCUT2D eigenvalue weighted by molar-refractivity contribution is 6.04. The molecule has 1 N–H and O–H groups in total. The Morgan fingerprint density at radius 3 is 2.10 bits per heavy atom. The highest BCUT2D eigenvalue weighted by Gasteiger charge is 2.72. The number of benzene rings is 1. The van der Waals surface area contributed by atoms with Crippen molar-refractivity contribution in [2.45, 2.75) is 31.0 Å². The Hall–Kier alpha value is -2.51. The summed E-state index contributed by atoms with van der Waals surface area (Å²) >= 11 is 0. The summed E-state index contributed by atoms with van der Waals surface area (Å²) in [6, 6.07) is 3.61. The Bertz CT molecular complexity index is 851. The monoisotopic (exact) mass is 418 g/mol. The predicted octanol–water partition coefficient (Wildman–Crippen LogP) is 2.87. The van der Waals surface area contributed by atoms with Crippen LogP contribution in [0.25, 0.3) is 0 Å². The number of hydrogen-bond acceptors (Lipinski definition) is 7. The minimum absolute atomic E-state index is 0.186. The molecule has 0 heterocycles. The molecule has 2 aliphatic rings. The SMILES string of the molecule is C=CC[C@]12C=C(OC)C(=O)[C@](OC)([C@H](c3cc(OC)c(OC)c(OC)c3)[C@H]1C)[C@@H]2O. The Labute approximate surface area is 177 Å². The molecular formula is C23H30O7. The van der Waals surface area contributed by atoms with E-state index in [4.69, 9.17) is 23.7 Å². The van der Waals surface area contributed by atoms with Crippen LogP contribution in [0.3, 0.4) is 0 Å². The fraction of sp³-hybridized carbons (Fsp3) is 0.522. The Kier molecular flexibility index (Phi) is 5.89. The number of ether oxygens (including phenoxy) is 5. The molecule has 0 aliphatic heterocycles. The molecule has 0 radical (unpaired) electrons. The summed E-state index contributed by atoms with van der Waals surface area (Å²) in [5.74, 6) is 0.492. The van der Waals surface area contributed by atoms with Crippen molar-refractivity contribution in [2.24, 2.45) is 11.3 Å². The van der Waals surface area contributed by atoms with Crippen LogP contribution in [0.5, 0.6) is 17.2 Å². The van der Waals surface area contributed by atoms with E-state index < -0.39 is 23.0 Å². The van der Waals surface area contributed by atoms with E-state index in [2.05, 4.69) is 6.58 Å². The lowest BCUT2D eigenvalue weighted by Gasteiger charge is -2.41. The van der Waals surface area contributed by atoms with Gasteiger partial charge in [-0.15, -0.1) is 6.58 Å². The van der Waals surface area contributed by atoms with Crippen LogP contribution in [0, 0.1) is 11.3 Å². The van der Waals surface area contributed by atoms with E-state index in [1.54, 1.807) is 24.3 Å². The number of carbonyl (C=O) groups is 1. The van der Waals surface area contributed by atoms with Gasteiger partial charge < -0.3 is 28.8 Å².